The molecular weight excluding hydrogens is 182 g/mol. The smallest absolute Gasteiger partial charge is 0.114 e. The van der Waals surface area contributed by atoms with Gasteiger partial charge >= 0.3 is 0 Å². The van der Waals surface area contributed by atoms with Crippen LogP contribution in [0, 0.1) is 5.92 Å². The predicted octanol–water partition coefficient (Wildman–Crippen LogP) is -0.0788. The van der Waals surface area contributed by atoms with Gasteiger partial charge < -0.3 is 14.9 Å². The molecule has 82 valence electrons. The van der Waals surface area contributed by atoms with Crippen LogP contribution in [0.3, 0.4) is 0 Å². The van der Waals surface area contributed by atoms with Crippen molar-refractivity contribution in [1.82, 2.24) is 5.43 Å². The molecule has 5 heteroatoms. The third-order valence-corrected chi connectivity index (χ3v) is 2.33. The number of nitrogens with two attached hydrogens (primary N) is 1. The number of hydrogen-bond acceptors (Lipinski definition) is 4. The molecule has 1 aliphatic rings. The van der Waals surface area contributed by atoms with Crippen LogP contribution in [-0.2, 0) is 9.47 Å². The van der Waals surface area contributed by atoms with Crippen LogP contribution in [0.2, 0.25) is 0 Å². The fourth-order valence-electron chi connectivity index (χ4n) is 1.52. The number of amidine groups is 1. The molecule has 1 fully saturated rings. The summed E-state index contributed by atoms with van der Waals surface area (Å²) in [5.41, 5.74) is 2.67. The van der Waals surface area contributed by atoms with Gasteiger partial charge in [-0.05, 0) is 12.8 Å². The zero-order chi connectivity index (χ0) is 10.2. The third kappa shape index (κ3) is 3.61. The van der Waals surface area contributed by atoms with E-state index in [9.17, 15) is 0 Å². The molecule has 0 aliphatic carbocycles. The van der Waals surface area contributed by atoms with Gasteiger partial charge in [0.15, 0.2) is 0 Å². The molecule has 0 bridgehead atoms. The first kappa shape index (κ1) is 11.4. The van der Waals surface area contributed by atoms with Crippen LogP contribution < -0.4 is 11.3 Å². The number of methoxy groups -OCH3 is 1. The van der Waals surface area contributed by atoms with E-state index in [1.807, 2.05) is 0 Å². The Labute approximate surface area is 84.6 Å². The highest BCUT2D eigenvalue weighted by molar-refractivity contribution is 5.84. The minimum absolute atomic E-state index is 0.422. The van der Waals surface area contributed by atoms with E-state index in [4.69, 9.17) is 15.3 Å². The SMILES string of the molecule is COCCN=C(NN)C1CCOCC1. The van der Waals surface area contributed by atoms with Gasteiger partial charge in [-0.2, -0.15) is 0 Å². The van der Waals surface area contributed by atoms with Crippen molar-refractivity contribution in [2.75, 3.05) is 33.5 Å². The quantitative estimate of drug-likeness (QED) is 0.219. The molecule has 5 nitrogen and oxygen atoms in total. The zero-order valence-corrected chi connectivity index (χ0v) is 8.66. The van der Waals surface area contributed by atoms with Crippen molar-refractivity contribution in [3.05, 3.63) is 0 Å². The van der Waals surface area contributed by atoms with Gasteiger partial charge in [-0.25, -0.2) is 5.84 Å². The van der Waals surface area contributed by atoms with Crippen molar-refractivity contribution in [1.29, 1.82) is 0 Å². The van der Waals surface area contributed by atoms with Crippen LogP contribution in [0.15, 0.2) is 4.99 Å². The average Bonchev–Trinajstić information content (AvgIpc) is 2.26. The molecule has 3 N–H and O–H groups in total. The molecule has 0 amide bonds. The first-order valence-electron chi connectivity index (χ1n) is 4.96. The van der Waals surface area contributed by atoms with Crippen LogP contribution >= 0.6 is 0 Å². The Kier molecular flexibility index (Phi) is 5.51. The monoisotopic (exact) mass is 201 g/mol. The summed E-state index contributed by atoms with van der Waals surface area (Å²) >= 11 is 0. The lowest BCUT2D eigenvalue weighted by atomic mass is 9.99. The molecule has 0 atom stereocenters. The molecule has 1 rings (SSSR count). The number of nitrogens with zero attached hydrogens (tertiary/aromatic N) is 1. The Bertz CT molecular complexity index is 179. The van der Waals surface area contributed by atoms with Gasteiger partial charge in [0.25, 0.3) is 0 Å². The topological polar surface area (TPSA) is 68.9 Å². The van der Waals surface area contributed by atoms with E-state index in [-0.39, 0.29) is 0 Å². The van der Waals surface area contributed by atoms with Crippen LogP contribution in [-0.4, -0.2) is 39.3 Å². The zero-order valence-electron chi connectivity index (χ0n) is 8.66. The summed E-state index contributed by atoms with van der Waals surface area (Å²) in [5.74, 6) is 6.73. The lowest BCUT2D eigenvalue weighted by molar-refractivity contribution is 0.0819. The van der Waals surface area contributed by atoms with E-state index in [1.165, 1.54) is 0 Å². The molecule has 0 aromatic rings. The molecule has 14 heavy (non-hydrogen) atoms. The lowest BCUT2D eigenvalue weighted by Crippen LogP contribution is -2.39. The van der Waals surface area contributed by atoms with Crippen molar-refractivity contribution < 1.29 is 9.47 Å². The van der Waals surface area contributed by atoms with Crippen LogP contribution in [0.25, 0.3) is 0 Å². The van der Waals surface area contributed by atoms with Crippen molar-refractivity contribution in [3.8, 4) is 0 Å². The minimum Gasteiger partial charge on any atom is -0.383 e. The van der Waals surface area contributed by atoms with Crippen LogP contribution in [0.4, 0.5) is 0 Å². The lowest BCUT2D eigenvalue weighted by Gasteiger charge is -2.23. The Morgan fingerprint density at radius 3 is 2.86 bits per heavy atom. The van der Waals surface area contributed by atoms with Gasteiger partial charge in [-0.1, -0.05) is 0 Å². The van der Waals surface area contributed by atoms with Gasteiger partial charge in [0.2, 0.25) is 0 Å². The summed E-state index contributed by atoms with van der Waals surface area (Å²) in [6.07, 6.45) is 1.99. The normalized spacial score (nSPS) is 19.7. The standard InChI is InChI=1S/C9H19N3O2/c1-13-7-4-11-9(12-10)8-2-5-14-6-3-8/h8H,2-7,10H2,1H3,(H,11,12). The molecule has 0 saturated carbocycles. The van der Waals surface area contributed by atoms with E-state index in [2.05, 4.69) is 10.4 Å². The second kappa shape index (κ2) is 6.75. The second-order valence-corrected chi connectivity index (χ2v) is 3.29. The van der Waals surface area contributed by atoms with Gasteiger partial charge in [-0.15, -0.1) is 0 Å². The Morgan fingerprint density at radius 2 is 2.29 bits per heavy atom. The molecule has 0 aromatic heterocycles. The number of rotatable bonds is 4. The average molecular weight is 201 g/mol. The number of aliphatic imine (C=N–C) groups is 1. The molecule has 0 radical (unpaired) electrons. The van der Waals surface area contributed by atoms with Crippen molar-refractivity contribution >= 4 is 5.84 Å². The van der Waals surface area contributed by atoms with Crippen molar-refractivity contribution in [2.24, 2.45) is 16.8 Å². The highest BCUT2D eigenvalue weighted by Gasteiger charge is 2.18. The molecule has 0 aromatic carbocycles. The molecule has 0 unspecified atom stereocenters. The molecule has 1 heterocycles. The Morgan fingerprint density at radius 1 is 1.57 bits per heavy atom. The van der Waals surface area contributed by atoms with E-state index in [1.54, 1.807) is 7.11 Å². The number of hydrogen-bond donors (Lipinski definition) is 2. The first-order valence-corrected chi connectivity index (χ1v) is 4.96. The fraction of sp³-hybridized carbons (Fsp3) is 0.889. The highest BCUT2D eigenvalue weighted by atomic mass is 16.5. The summed E-state index contributed by atoms with van der Waals surface area (Å²) in [6, 6.07) is 0. The summed E-state index contributed by atoms with van der Waals surface area (Å²) in [5, 5.41) is 0. The Hall–Kier alpha value is -0.650. The number of ether oxygens (including phenoxy) is 2. The van der Waals surface area contributed by atoms with Gasteiger partial charge in [0, 0.05) is 26.2 Å². The largest absolute Gasteiger partial charge is 0.383 e. The first-order chi connectivity index (χ1) is 6.88. The van der Waals surface area contributed by atoms with Gasteiger partial charge in [0.1, 0.15) is 5.84 Å². The maximum atomic E-state index is 5.42. The van der Waals surface area contributed by atoms with Gasteiger partial charge in [0.05, 0.1) is 13.2 Å². The van der Waals surface area contributed by atoms with Crippen molar-refractivity contribution in [3.63, 3.8) is 0 Å². The fourth-order valence-corrected chi connectivity index (χ4v) is 1.52. The summed E-state index contributed by atoms with van der Waals surface area (Å²) < 4.78 is 10.2. The maximum absolute atomic E-state index is 5.42. The van der Waals surface area contributed by atoms with Crippen molar-refractivity contribution in [2.45, 2.75) is 12.8 Å². The molecule has 1 aliphatic heterocycles. The second-order valence-electron chi connectivity index (χ2n) is 3.29. The highest BCUT2D eigenvalue weighted by Crippen LogP contribution is 2.15. The van der Waals surface area contributed by atoms with Gasteiger partial charge in [-0.3, -0.25) is 4.99 Å². The van der Waals surface area contributed by atoms with E-state index < -0.39 is 0 Å². The summed E-state index contributed by atoms with van der Waals surface area (Å²) in [6.45, 7) is 2.90. The van der Waals surface area contributed by atoms with Crippen LogP contribution in [0.1, 0.15) is 12.8 Å². The molecule has 1 saturated heterocycles. The third-order valence-electron chi connectivity index (χ3n) is 2.33. The van der Waals surface area contributed by atoms with Crippen LogP contribution in [0.5, 0.6) is 0 Å². The Balaban J connectivity index is 2.38. The van der Waals surface area contributed by atoms with E-state index in [0.717, 1.165) is 31.9 Å². The number of hydrazine groups is 1. The van der Waals surface area contributed by atoms with E-state index >= 15 is 0 Å². The maximum Gasteiger partial charge on any atom is 0.114 e. The van der Waals surface area contributed by atoms with E-state index in [0.29, 0.717) is 19.1 Å². The minimum atomic E-state index is 0.422. The summed E-state index contributed by atoms with van der Waals surface area (Å²) in [4.78, 5) is 4.36. The summed E-state index contributed by atoms with van der Waals surface area (Å²) in [7, 11) is 1.67. The number of nitrogens with one attached hydrogen (secondary N) is 1. The molecular formula is C9H19N3O2. The predicted molar refractivity (Wildman–Crippen MR) is 55.0 cm³/mol. The molecule has 0 spiro atoms.